The number of nitrogens with one attached hydrogen (secondary N) is 1. The Labute approximate surface area is 172 Å². The van der Waals surface area contributed by atoms with Crippen LogP contribution in [0.2, 0.25) is 0 Å². The zero-order valence-electron chi connectivity index (χ0n) is 16.7. The zero-order valence-corrected chi connectivity index (χ0v) is 16.7. The molecule has 2 atom stereocenters. The second-order valence-electron chi connectivity index (χ2n) is 8.08. The maximum absolute atomic E-state index is 12.7. The molecule has 3 rings (SSSR count). The molecule has 1 amide bonds. The molecule has 1 saturated heterocycles. The van der Waals surface area contributed by atoms with Crippen molar-refractivity contribution >= 4 is 5.91 Å². The summed E-state index contributed by atoms with van der Waals surface area (Å²) in [7, 11) is 0. The van der Waals surface area contributed by atoms with E-state index < -0.39 is 6.04 Å². The first-order chi connectivity index (χ1) is 14.0. The Bertz CT molecular complexity index is 846. The summed E-state index contributed by atoms with van der Waals surface area (Å²) in [6, 6.07) is 10.8. The fourth-order valence-corrected chi connectivity index (χ4v) is 4.18. The molecule has 1 aliphatic heterocycles. The molecule has 1 aliphatic carbocycles. The van der Waals surface area contributed by atoms with Crippen molar-refractivity contribution in [3.8, 4) is 30.2 Å². The maximum Gasteiger partial charge on any atom is 0.238 e. The lowest BCUT2D eigenvalue weighted by Gasteiger charge is -2.38. The van der Waals surface area contributed by atoms with Crippen molar-refractivity contribution < 1.29 is 9.53 Å². The van der Waals surface area contributed by atoms with E-state index in [1.807, 2.05) is 12.1 Å². The third kappa shape index (κ3) is 4.89. The number of hydrogen-bond acceptors (Lipinski definition) is 5. The van der Waals surface area contributed by atoms with Crippen LogP contribution in [0.1, 0.15) is 51.0 Å². The van der Waals surface area contributed by atoms with Gasteiger partial charge in [-0.2, -0.15) is 10.5 Å². The molecule has 2 fully saturated rings. The first-order valence-electron chi connectivity index (χ1n) is 10.1. The SMILES string of the molecule is C#C[C@H]1CC[C@@H](C#N)N1C(=O)CNC1(C)CCC(Oc2cccc(C#N)c2)CC1. The summed E-state index contributed by atoms with van der Waals surface area (Å²) >= 11 is 0. The zero-order chi connectivity index (χ0) is 20.9. The number of ether oxygens (including phenoxy) is 1. The smallest absolute Gasteiger partial charge is 0.238 e. The van der Waals surface area contributed by atoms with E-state index in [2.05, 4.69) is 30.3 Å². The second kappa shape index (κ2) is 8.99. The number of rotatable bonds is 5. The molecule has 0 radical (unpaired) electrons. The average Bonchev–Trinajstić information content (AvgIpc) is 3.17. The third-order valence-electron chi connectivity index (χ3n) is 5.98. The lowest BCUT2D eigenvalue weighted by Crippen LogP contribution is -2.52. The van der Waals surface area contributed by atoms with Gasteiger partial charge in [-0.25, -0.2) is 0 Å². The molecule has 6 heteroatoms. The van der Waals surface area contributed by atoms with Crippen LogP contribution in [0.3, 0.4) is 0 Å². The molecule has 29 heavy (non-hydrogen) atoms. The van der Waals surface area contributed by atoms with Gasteiger partial charge in [0.15, 0.2) is 0 Å². The normalized spacial score (nSPS) is 28.8. The van der Waals surface area contributed by atoms with Crippen molar-refractivity contribution in [2.24, 2.45) is 0 Å². The van der Waals surface area contributed by atoms with Crippen LogP contribution >= 0.6 is 0 Å². The Morgan fingerprint density at radius 1 is 1.28 bits per heavy atom. The molecule has 150 valence electrons. The third-order valence-corrected chi connectivity index (χ3v) is 5.98. The highest BCUT2D eigenvalue weighted by atomic mass is 16.5. The number of nitrogens with zero attached hydrogens (tertiary/aromatic N) is 3. The fraction of sp³-hybridized carbons (Fsp3) is 0.522. The molecular weight excluding hydrogens is 364 g/mol. The summed E-state index contributed by atoms with van der Waals surface area (Å²) in [5, 5.41) is 21.7. The van der Waals surface area contributed by atoms with Gasteiger partial charge in [0.05, 0.1) is 36.4 Å². The van der Waals surface area contributed by atoms with Crippen molar-refractivity contribution in [1.82, 2.24) is 10.2 Å². The highest BCUT2D eigenvalue weighted by Gasteiger charge is 2.37. The Morgan fingerprint density at radius 2 is 2.00 bits per heavy atom. The summed E-state index contributed by atoms with van der Waals surface area (Å²) in [6.45, 7) is 2.31. The summed E-state index contributed by atoms with van der Waals surface area (Å²) < 4.78 is 6.04. The van der Waals surface area contributed by atoms with Crippen LogP contribution in [-0.4, -0.2) is 41.1 Å². The lowest BCUT2D eigenvalue weighted by molar-refractivity contribution is -0.131. The Balaban J connectivity index is 1.50. The predicted octanol–water partition coefficient (Wildman–Crippen LogP) is 2.74. The van der Waals surface area contributed by atoms with Crippen molar-refractivity contribution in [2.45, 2.75) is 69.2 Å². The number of carbonyl (C=O) groups is 1. The minimum Gasteiger partial charge on any atom is -0.490 e. The number of nitriles is 2. The van der Waals surface area contributed by atoms with Crippen molar-refractivity contribution in [3.63, 3.8) is 0 Å². The van der Waals surface area contributed by atoms with Gasteiger partial charge >= 0.3 is 0 Å². The van der Waals surface area contributed by atoms with E-state index in [1.54, 1.807) is 17.0 Å². The summed E-state index contributed by atoms with van der Waals surface area (Å²) in [6.07, 6.45) is 10.4. The standard InChI is InChI=1S/C23H26N4O2/c1-3-18-7-8-19(15-25)27(18)22(28)16-26-23(2)11-9-20(10-12-23)29-21-6-4-5-17(13-21)14-24/h1,4-6,13,18-20,26H,7-12,16H2,2H3/t18-,19-,20?,23?/m0/s1. The van der Waals surface area contributed by atoms with Gasteiger partial charge in [-0.3, -0.25) is 4.79 Å². The van der Waals surface area contributed by atoms with Crippen LogP contribution in [0.15, 0.2) is 24.3 Å². The van der Waals surface area contributed by atoms with Crippen LogP contribution in [0.25, 0.3) is 0 Å². The molecular formula is C23H26N4O2. The summed E-state index contributed by atoms with van der Waals surface area (Å²) in [4.78, 5) is 14.3. The van der Waals surface area contributed by atoms with Gasteiger partial charge < -0.3 is 15.0 Å². The highest BCUT2D eigenvalue weighted by Crippen LogP contribution is 2.31. The molecule has 1 heterocycles. The molecule has 2 aliphatic rings. The van der Waals surface area contributed by atoms with Crippen molar-refractivity contribution in [3.05, 3.63) is 29.8 Å². The number of likely N-dealkylation sites (tertiary alicyclic amines) is 1. The molecule has 0 unspecified atom stereocenters. The molecule has 6 nitrogen and oxygen atoms in total. The topological polar surface area (TPSA) is 89.2 Å². The lowest BCUT2D eigenvalue weighted by atomic mass is 9.81. The van der Waals surface area contributed by atoms with Crippen LogP contribution in [0.5, 0.6) is 5.75 Å². The molecule has 0 spiro atoms. The highest BCUT2D eigenvalue weighted by molar-refractivity contribution is 5.80. The molecule has 1 N–H and O–H groups in total. The fourth-order valence-electron chi connectivity index (χ4n) is 4.18. The predicted molar refractivity (Wildman–Crippen MR) is 109 cm³/mol. The van der Waals surface area contributed by atoms with E-state index in [4.69, 9.17) is 16.4 Å². The van der Waals surface area contributed by atoms with E-state index in [1.165, 1.54) is 0 Å². The number of benzene rings is 1. The molecule has 0 aromatic heterocycles. The van der Waals surface area contributed by atoms with Gasteiger partial charge in [-0.1, -0.05) is 12.0 Å². The number of amides is 1. The van der Waals surface area contributed by atoms with Crippen LogP contribution < -0.4 is 10.1 Å². The Hall–Kier alpha value is -3.01. The largest absolute Gasteiger partial charge is 0.490 e. The minimum absolute atomic E-state index is 0.0990. The first-order valence-corrected chi connectivity index (χ1v) is 10.1. The summed E-state index contributed by atoms with van der Waals surface area (Å²) in [5.41, 5.74) is 0.434. The molecule has 0 bridgehead atoms. The second-order valence-corrected chi connectivity index (χ2v) is 8.08. The minimum atomic E-state index is -0.425. The number of terminal acetylenes is 1. The van der Waals surface area contributed by atoms with Gasteiger partial charge in [0.2, 0.25) is 5.91 Å². The van der Waals surface area contributed by atoms with Crippen LogP contribution in [-0.2, 0) is 4.79 Å². The molecule has 1 aromatic carbocycles. The number of hydrogen-bond donors (Lipinski definition) is 1. The van der Waals surface area contributed by atoms with Gasteiger partial charge in [-0.05, 0) is 63.6 Å². The van der Waals surface area contributed by atoms with Crippen LogP contribution in [0, 0.1) is 35.0 Å². The van der Waals surface area contributed by atoms with E-state index in [9.17, 15) is 10.1 Å². The van der Waals surface area contributed by atoms with Gasteiger partial charge in [0, 0.05) is 5.54 Å². The first kappa shape index (κ1) is 20.7. The van der Waals surface area contributed by atoms with E-state index in [-0.39, 0.29) is 30.1 Å². The summed E-state index contributed by atoms with van der Waals surface area (Å²) in [5.74, 6) is 3.25. The van der Waals surface area contributed by atoms with Gasteiger partial charge in [-0.15, -0.1) is 6.42 Å². The van der Waals surface area contributed by atoms with E-state index in [0.29, 0.717) is 18.4 Å². The van der Waals surface area contributed by atoms with Gasteiger partial charge in [0.25, 0.3) is 0 Å². The Kier molecular flexibility index (Phi) is 6.42. The van der Waals surface area contributed by atoms with Crippen molar-refractivity contribution in [2.75, 3.05) is 6.54 Å². The average molecular weight is 390 g/mol. The van der Waals surface area contributed by atoms with Crippen molar-refractivity contribution in [1.29, 1.82) is 10.5 Å². The van der Waals surface area contributed by atoms with E-state index >= 15 is 0 Å². The monoisotopic (exact) mass is 390 g/mol. The van der Waals surface area contributed by atoms with E-state index in [0.717, 1.165) is 31.4 Å². The Morgan fingerprint density at radius 3 is 2.66 bits per heavy atom. The number of carbonyl (C=O) groups excluding carboxylic acids is 1. The molecule has 1 aromatic rings. The molecule has 1 saturated carbocycles. The van der Waals surface area contributed by atoms with Gasteiger partial charge in [0.1, 0.15) is 11.8 Å². The van der Waals surface area contributed by atoms with Crippen LogP contribution in [0.4, 0.5) is 0 Å². The maximum atomic E-state index is 12.7. The quantitative estimate of drug-likeness (QED) is 0.781.